The lowest BCUT2D eigenvalue weighted by Crippen LogP contribution is -2.34. The summed E-state index contributed by atoms with van der Waals surface area (Å²) in [5.74, 6) is 0.861. The van der Waals surface area contributed by atoms with Crippen molar-refractivity contribution in [3.05, 3.63) is 18.2 Å². The van der Waals surface area contributed by atoms with Crippen molar-refractivity contribution in [3.8, 4) is 0 Å². The number of amides is 1. The van der Waals surface area contributed by atoms with Crippen molar-refractivity contribution in [1.29, 1.82) is 0 Å². The lowest BCUT2D eigenvalue weighted by molar-refractivity contribution is -0.143. The SMILES string of the molecule is CC(C)CC(=O)OCCSNc1ccc(NC=O)c(N2CCC3(CC2)CC3)c1. The molecule has 28 heavy (non-hydrogen) atoms. The first-order valence-electron chi connectivity index (χ1n) is 10.1. The second-order valence-electron chi connectivity index (χ2n) is 8.25. The number of carbonyl (C=O) groups is 2. The molecular formula is C21H31N3O3S. The molecule has 0 aromatic heterocycles. The summed E-state index contributed by atoms with van der Waals surface area (Å²) in [5, 5.41) is 2.83. The molecule has 1 aliphatic carbocycles. The Labute approximate surface area is 171 Å². The van der Waals surface area contributed by atoms with Gasteiger partial charge in [-0.3, -0.25) is 9.59 Å². The van der Waals surface area contributed by atoms with Crippen LogP contribution >= 0.6 is 11.9 Å². The first-order chi connectivity index (χ1) is 13.5. The van der Waals surface area contributed by atoms with Crippen LogP contribution in [-0.2, 0) is 14.3 Å². The van der Waals surface area contributed by atoms with Gasteiger partial charge in [0.1, 0.15) is 6.61 Å². The molecule has 3 rings (SSSR count). The molecule has 1 aromatic carbocycles. The quantitative estimate of drug-likeness (QED) is 0.262. The molecule has 1 saturated heterocycles. The van der Waals surface area contributed by atoms with Crippen LogP contribution in [0.5, 0.6) is 0 Å². The standard InChI is InChI=1S/C21H31N3O3S/c1-16(2)13-20(26)27-11-12-28-23-17-3-4-18(22-15-25)19(14-17)24-9-7-21(5-6-21)8-10-24/h3-4,14-16,23H,5-13H2,1-2H3,(H,22,25). The Morgan fingerprint density at radius 3 is 2.68 bits per heavy atom. The van der Waals surface area contributed by atoms with Crippen molar-refractivity contribution >= 4 is 41.4 Å². The average Bonchev–Trinajstić information content (AvgIpc) is 3.42. The Morgan fingerprint density at radius 1 is 1.29 bits per heavy atom. The molecule has 0 bridgehead atoms. The van der Waals surface area contributed by atoms with E-state index in [1.807, 2.05) is 26.0 Å². The molecule has 1 heterocycles. The number of hydrogen-bond acceptors (Lipinski definition) is 6. The largest absolute Gasteiger partial charge is 0.465 e. The molecule has 1 saturated carbocycles. The topological polar surface area (TPSA) is 70.7 Å². The van der Waals surface area contributed by atoms with Crippen LogP contribution in [0.2, 0.25) is 0 Å². The summed E-state index contributed by atoms with van der Waals surface area (Å²) >= 11 is 1.52. The molecule has 0 atom stereocenters. The monoisotopic (exact) mass is 405 g/mol. The molecule has 1 spiro atoms. The van der Waals surface area contributed by atoms with E-state index in [1.165, 1.54) is 37.6 Å². The van der Waals surface area contributed by atoms with Crippen molar-refractivity contribution in [2.75, 3.05) is 40.4 Å². The fraction of sp³-hybridized carbons (Fsp3) is 0.619. The summed E-state index contributed by atoms with van der Waals surface area (Å²) in [5.41, 5.74) is 3.51. The fourth-order valence-electron chi connectivity index (χ4n) is 3.66. The Kier molecular flexibility index (Phi) is 7.10. The lowest BCUT2D eigenvalue weighted by Gasteiger charge is -2.35. The van der Waals surface area contributed by atoms with Gasteiger partial charge in [-0.25, -0.2) is 0 Å². The van der Waals surface area contributed by atoms with Gasteiger partial charge in [0.15, 0.2) is 0 Å². The van der Waals surface area contributed by atoms with Gasteiger partial charge in [-0.15, -0.1) is 0 Å². The number of piperidine rings is 1. The van der Waals surface area contributed by atoms with Gasteiger partial charge in [0.25, 0.3) is 0 Å². The molecule has 0 unspecified atom stereocenters. The predicted octanol–water partition coefficient (Wildman–Crippen LogP) is 4.28. The fourth-order valence-corrected chi connectivity index (χ4v) is 4.23. The van der Waals surface area contributed by atoms with Crippen molar-refractivity contribution in [2.45, 2.75) is 46.0 Å². The van der Waals surface area contributed by atoms with Crippen molar-refractivity contribution in [3.63, 3.8) is 0 Å². The van der Waals surface area contributed by atoms with E-state index < -0.39 is 0 Å². The third-order valence-corrected chi connectivity index (χ3v) is 6.30. The molecule has 2 fully saturated rings. The van der Waals surface area contributed by atoms with Crippen LogP contribution in [0.4, 0.5) is 17.1 Å². The molecule has 1 aromatic rings. The Hall–Kier alpha value is -1.89. The first-order valence-corrected chi connectivity index (χ1v) is 11.1. The molecule has 2 aliphatic rings. The second-order valence-corrected chi connectivity index (χ2v) is 9.15. The maximum atomic E-state index is 11.6. The molecule has 2 N–H and O–H groups in total. The van der Waals surface area contributed by atoms with Crippen LogP contribution in [0, 0.1) is 11.3 Å². The summed E-state index contributed by atoms with van der Waals surface area (Å²) in [7, 11) is 0. The van der Waals surface area contributed by atoms with E-state index in [4.69, 9.17) is 4.74 Å². The van der Waals surface area contributed by atoms with Gasteiger partial charge in [0.05, 0.1) is 11.4 Å². The number of nitrogens with one attached hydrogen (secondary N) is 2. The highest BCUT2D eigenvalue weighted by Gasteiger charge is 2.44. The van der Waals surface area contributed by atoms with Gasteiger partial charge >= 0.3 is 5.97 Å². The zero-order chi connectivity index (χ0) is 20.0. The maximum absolute atomic E-state index is 11.6. The highest BCUT2D eigenvalue weighted by molar-refractivity contribution is 8.00. The summed E-state index contributed by atoms with van der Waals surface area (Å²) < 4.78 is 8.55. The summed E-state index contributed by atoms with van der Waals surface area (Å²) in [6.07, 6.45) is 6.42. The predicted molar refractivity (Wildman–Crippen MR) is 116 cm³/mol. The molecule has 1 aliphatic heterocycles. The van der Waals surface area contributed by atoms with Gasteiger partial charge in [0.2, 0.25) is 6.41 Å². The Morgan fingerprint density at radius 2 is 2.04 bits per heavy atom. The van der Waals surface area contributed by atoms with Crippen molar-refractivity contribution in [2.24, 2.45) is 11.3 Å². The highest BCUT2D eigenvalue weighted by atomic mass is 32.2. The van der Waals surface area contributed by atoms with Gasteiger partial charge in [-0.1, -0.05) is 13.8 Å². The summed E-state index contributed by atoms with van der Waals surface area (Å²) in [6, 6.07) is 5.99. The van der Waals surface area contributed by atoms with E-state index in [1.54, 1.807) is 0 Å². The van der Waals surface area contributed by atoms with Crippen LogP contribution in [0.1, 0.15) is 46.0 Å². The number of carbonyl (C=O) groups excluding carboxylic acids is 2. The number of ether oxygens (including phenoxy) is 1. The van der Waals surface area contributed by atoms with E-state index >= 15 is 0 Å². The molecule has 6 nitrogen and oxygen atoms in total. The number of rotatable bonds is 10. The molecule has 1 amide bonds. The number of nitrogens with zero attached hydrogens (tertiary/aromatic N) is 1. The number of esters is 1. The van der Waals surface area contributed by atoms with Crippen molar-refractivity contribution in [1.82, 2.24) is 0 Å². The normalized spacial score (nSPS) is 17.5. The first kappa shape index (κ1) is 20.8. The maximum Gasteiger partial charge on any atom is 0.306 e. The lowest BCUT2D eigenvalue weighted by atomic mass is 9.93. The van der Waals surface area contributed by atoms with Crippen LogP contribution in [0.25, 0.3) is 0 Å². The molecule has 7 heteroatoms. The Balaban J connectivity index is 1.51. The minimum Gasteiger partial charge on any atom is -0.465 e. The third kappa shape index (κ3) is 5.80. The zero-order valence-electron chi connectivity index (χ0n) is 16.8. The van der Waals surface area contributed by atoms with Gasteiger partial charge in [-0.05, 0) is 67.2 Å². The van der Waals surface area contributed by atoms with E-state index in [0.29, 0.717) is 30.1 Å². The third-order valence-electron chi connectivity index (χ3n) is 5.55. The minimum atomic E-state index is -0.138. The second kappa shape index (κ2) is 9.54. The van der Waals surface area contributed by atoms with Gasteiger partial charge < -0.3 is 19.7 Å². The highest BCUT2D eigenvalue weighted by Crippen LogP contribution is 2.54. The smallest absolute Gasteiger partial charge is 0.306 e. The van der Waals surface area contributed by atoms with E-state index in [0.717, 1.165) is 36.6 Å². The van der Waals surface area contributed by atoms with E-state index in [2.05, 4.69) is 21.0 Å². The van der Waals surface area contributed by atoms with Crippen LogP contribution < -0.4 is 14.9 Å². The van der Waals surface area contributed by atoms with Gasteiger partial charge in [-0.2, -0.15) is 0 Å². The number of benzene rings is 1. The van der Waals surface area contributed by atoms with E-state index in [9.17, 15) is 9.59 Å². The van der Waals surface area contributed by atoms with Crippen LogP contribution in [-0.4, -0.2) is 37.8 Å². The molecule has 154 valence electrons. The van der Waals surface area contributed by atoms with Crippen LogP contribution in [0.3, 0.4) is 0 Å². The van der Waals surface area contributed by atoms with Gasteiger partial charge in [0, 0.05) is 31.0 Å². The number of hydrogen-bond donors (Lipinski definition) is 2. The molecular weight excluding hydrogens is 374 g/mol. The number of anilines is 3. The average molecular weight is 406 g/mol. The Bertz CT molecular complexity index is 681. The van der Waals surface area contributed by atoms with E-state index in [-0.39, 0.29) is 5.97 Å². The summed E-state index contributed by atoms with van der Waals surface area (Å²) in [6.45, 7) is 6.48. The van der Waals surface area contributed by atoms with Crippen LogP contribution in [0.15, 0.2) is 18.2 Å². The summed E-state index contributed by atoms with van der Waals surface area (Å²) in [4.78, 5) is 24.9. The minimum absolute atomic E-state index is 0.138. The molecule has 0 radical (unpaired) electrons. The van der Waals surface area contributed by atoms with Crippen molar-refractivity contribution < 1.29 is 14.3 Å². The zero-order valence-corrected chi connectivity index (χ0v) is 17.6.